The predicted octanol–water partition coefficient (Wildman–Crippen LogP) is 0.641. The zero-order valence-corrected chi connectivity index (χ0v) is 12.7. The topological polar surface area (TPSA) is 64.1 Å². The molecule has 4 atom stereocenters. The Hall–Kier alpha value is -1.30. The molecule has 20 heavy (non-hydrogen) atoms. The minimum Gasteiger partial charge on any atom is -0.481 e. The molecule has 2 rings (SSSR count). The summed E-state index contributed by atoms with van der Waals surface area (Å²) in [6, 6.07) is 0.381. The molecule has 0 aromatic carbocycles. The van der Waals surface area contributed by atoms with Crippen LogP contribution in [0.5, 0.6) is 0 Å². The van der Waals surface area contributed by atoms with Gasteiger partial charge in [-0.25, -0.2) is 4.79 Å². The molecule has 0 aliphatic carbocycles. The Labute approximate surface area is 120 Å². The first-order chi connectivity index (χ1) is 9.31. The summed E-state index contributed by atoms with van der Waals surface area (Å²) in [4.78, 5) is 29.4. The van der Waals surface area contributed by atoms with Crippen LogP contribution in [0.1, 0.15) is 13.8 Å². The first kappa shape index (κ1) is 15.1. The number of likely N-dealkylation sites (N-methyl/N-ethyl adjacent to an activating group) is 1. The lowest BCUT2D eigenvalue weighted by Crippen LogP contribution is -2.42. The quantitative estimate of drug-likeness (QED) is 0.808. The van der Waals surface area contributed by atoms with Crippen LogP contribution in [0.25, 0.3) is 0 Å². The van der Waals surface area contributed by atoms with Gasteiger partial charge in [-0.05, 0) is 25.9 Å². The second kappa shape index (κ2) is 5.60. The van der Waals surface area contributed by atoms with E-state index in [2.05, 4.69) is 11.8 Å². The Morgan fingerprint density at radius 1 is 1.00 bits per heavy atom. The molecule has 0 spiro atoms. The lowest BCUT2D eigenvalue weighted by Gasteiger charge is -2.25. The summed E-state index contributed by atoms with van der Waals surface area (Å²) in [7, 11) is 4.07. The Balaban J connectivity index is 1.98. The highest BCUT2D eigenvalue weighted by Gasteiger charge is 2.41. The lowest BCUT2D eigenvalue weighted by atomic mass is 9.99. The minimum atomic E-state index is -0.797. The van der Waals surface area contributed by atoms with Gasteiger partial charge in [0.25, 0.3) is 0 Å². The average molecular weight is 283 g/mol. The van der Waals surface area contributed by atoms with E-state index in [1.165, 1.54) is 0 Å². The van der Waals surface area contributed by atoms with Gasteiger partial charge in [-0.15, -0.1) is 0 Å². The number of carbonyl (C=O) groups excluding carboxylic acids is 1. The van der Waals surface area contributed by atoms with E-state index < -0.39 is 11.9 Å². The summed E-state index contributed by atoms with van der Waals surface area (Å²) < 4.78 is 0. The molecule has 6 heteroatoms. The van der Waals surface area contributed by atoms with Gasteiger partial charge >= 0.3 is 12.0 Å². The molecular weight excluding hydrogens is 258 g/mol. The molecule has 0 bridgehead atoms. The number of carbonyl (C=O) groups is 2. The van der Waals surface area contributed by atoms with Gasteiger partial charge in [0, 0.05) is 32.2 Å². The molecule has 4 unspecified atom stereocenters. The van der Waals surface area contributed by atoms with Crippen molar-refractivity contribution in [3.63, 3.8) is 0 Å². The zero-order valence-electron chi connectivity index (χ0n) is 12.7. The van der Waals surface area contributed by atoms with E-state index in [1.807, 2.05) is 25.9 Å². The van der Waals surface area contributed by atoms with Crippen molar-refractivity contribution in [3.05, 3.63) is 0 Å². The highest BCUT2D eigenvalue weighted by atomic mass is 16.4. The van der Waals surface area contributed by atoms with Gasteiger partial charge in [-0.3, -0.25) is 4.79 Å². The lowest BCUT2D eigenvalue weighted by molar-refractivity contribution is -0.142. The number of urea groups is 1. The number of carboxylic acid groups (broad SMARTS) is 1. The zero-order chi connectivity index (χ0) is 15.0. The summed E-state index contributed by atoms with van der Waals surface area (Å²) >= 11 is 0. The maximum Gasteiger partial charge on any atom is 0.320 e. The SMILES string of the molecule is CC1CN(C(=O)N2CC(C)C(N(C)C)C2)CC1C(=O)O. The third-order valence-electron chi connectivity index (χ3n) is 4.71. The molecule has 2 aliphatic heterocycles. The van der Waals surface area contributed by atoms with Crippen LogP contribution in [-0.4, -0.2) is 78.1 Å². The van der Waals surface area contributed by atoms with Crippen LogP contribution < -0.4 is 0 Å². The highest BCUT2D eigenvalue weighted by molar-refractivity contribution is 5.78. The van der Waals surface area contributed by atoms with Gasteiger partial charge in [0.1, 0.15) is 0 Å². The third kappa shape index (κ3) is 2.75. The average Bonchev–Trinajstić information content (AvgIpc) is 2.91. The van der Waals surface area contributed by atoms with Crippen LogP contribution in [0.2, 0.25) is 0 Å². The molecule has 2 saturated heterocycles. The van der Waals surface area contributed by atoms with Crippen LogP contribution in [0, 0.1) is 17.8 Å². The fourth-order valence-electron chi connectivity index (χ4n) is 3.42. The molecule has 2 amide bonds. The number of nitrogens with zero attached hydrogens (tertiary/aromatic N) is 3. The predicted molar refractivity (Wildman–Crippen MR) is 75.5 cm³/mol. The molecule has 114 valence electrons. The van der Waals surface area contributed by atoms with Gasteiger partial charge in [0.05, 0.1) is 5.92 Å². The van der Waals surface area contributed by atoms with E-state index in [4.69, 9.17) is 5.11 Å². The Morgan fingerprint density at radius 3 is 2.00 bits per heavy atom. The van der Waals surface area contributed by atoms with Crippen molar-refractivity contribution in [1.82, 2.24) is 14.7 Å². The van der Waals surface area contributed by atoms with Crippen LogP contribution >= 0.6 is 0 Å². The van der Waals surface area contributed by atoms with E-state index in [-0.39, 0.29) is 11.9 Å². The van der Waals surface area contributed by atoms with Gasteiger partial charge in [0.15, 0.2) is 0 Å². The summed E-state index contributed by atoms with van der Waals surface area (Å²) in [5.74, 6) is -0.747. The molecule has 0 aromatic rings. The van der Waals surface area contributed by atoms with E-state index in [0.29, 0.717) is 25.0 Å². The molecule has 2 aliphatic rings. The number of carboxylic acids is 1. The Morgan fingerprint density at radius 2 is 1.55 bits per heavy atom. The van der Waals surface area contributed by atoms with Crippen molar-refractivity contribution in [2.75, 3.05) is 40.3 Å². The van der Waals surface area contributed by atoms with Crippen molar-refractivity contribution in [2.45, 2.75) is 19.9 Å². The number of aliphatic carboxylic acids is 1. The van der Waals surface area contributed by atoms with E-state index in [0.717, 1.165) is 13.1 Å². The number of amides is 2. The van der Waals surface area contributed by atoms with Crippen molar-refractivity contribution >= 4 is 12.0 Å². The smallest absolute Gasteiger partial charge is 0.320 e. The molecular formula is C14H25N3O3. The van der Waals surface area contributed by atoms with Gasteiger partial charge in [0.2, 0.25) is 0 Å². The first-order valence-electron chi connectivity index (χ1n) is 7.24. The first-order valence-corrected chi connectivity index (χ1v) is 7.24. The number of hydrogen-bond acceptors (Lipinski definition) is 3. The second-order valence-corrected chi connectivity index (χ2v) is 6.52. The monoisotopic (exact) mass is 283 g/mol. The van der Waals surface area contributed by atoms with E-state index in [1.54, 1.807) is 4.90 Å². The molecule has 2 fully saturated rings. The minimum absolute atomic E-state index is 0.00296. The molecule has 0 radical (unpaired) electrons. The fourth-order valence-corrected chi connectivity index (χ4v) is 3.42. The molecule has 6 nitrogen and oxygen atoms in total. The van der Waals surface area contributed by atoms with Crippen molar-refractivity contribution in [2.24, 2.45) is 17.8 Å². The van der Waals surface area contributed by atoms with Crippen molar-refractivity contribution in [3.8, 4) is 0 Å². The van der Waals surface area contributed by atoms with Crippen LogP contribution in [-0.2, 0) is 4.79 Å². The maximum atomic E-state index is 12.5. The normalized spacial score (nSPS) is 34.0. The Bertz CT molecular complexity index is 399. The summed E-state index contributed by atoms with van der Waals surface area (Å²) in [6.45, 7) is 6.44. The molecule has 0 saturated carbocycles. The van der Waals surface area contributed by atoms with Gasteiger partial charge in [-0.1, -0.05) is 13.8 Å². The number of rotatable bonds is 2. The van der Waals surface area contributed by atoms with Crippen LogP contribution in [0.3, 0.4) is 0 Å². The fraction of sp³-hybridized carbons (Fsp3) is 0.857. The molecule has 0 aromatic heterocycles. The number of likely N-dealkylation sites (tertiary alicyclic amines) is 2. The highest BCUT2D eigenvalue weighted by Crippen LogP contribution is 2.27. The maximum absolute atomic E-state index is 12.5. The van der Waals surface area contributed by atoms with E-state index in [9.17, 15) is 9.59 Å². The van der Waals surface area contributed by atoms with Crippen LogP contribution in [0.15, 0.2) is 0 Å². The second-order valence-electron chi connectivity index (χ2n) is 6.52. The van der Waals surface area contributed by atoms with Crippen molar-refractivity contribution < 1.29 is 14.7 Å². The molecule has 1 N–H and O–H groups in total. The Kier molecular flexibility index (Phi) is 4.22. The van der Waals surface area contributed by atoms with E-state index >= 15 is 0 Å². The third-order valence-corrected chi connectivity index (χ3v) is 4.71. The van der Waals surface area contributed by atoms with Gasteiger partial charge in [-0.2, -0.15) is 0 Å². The summed E-state index contributed by atoms with van der Waals surface area (Å²) in [6.07, 6.45) is 0. The largest absolute Gasteiger partial charge is 0.481 e. The van der Waals surface area contributed by atoms with Gasteiger partial charge < -0.3 is 19.8 Å². The summed E-state index contributed by atoms with van der Waals surface area (Å²) in [5.41, 5.74) is 0. The standard InChI is InChI=1S/C14H25N3O3/c1-9-5-16(7-11(9)13(18)19)14(20)17-6-10(2)12(8-17)15(3)4/h9-12H,5-8H2,1-4H3,(H,18,19). The summed E-state index contributed by atoms with van der Waals surface area (Å²) in [5, 5.41) is 9.15. The molecule has 2 heterocycles. The number of hydrogen-bond donors (Lipinski definition) is 1. The van der Waals surface area contributed by atoms with Crippen LogP contribution in [0.4, 0.5) is 4.79 Å². The van der Waals surface area contributed by atoms with Crippen molar-refractivity contribution in [1.29, 1.82) is 0 Å².